The van der Waals surface area contributed by atoms with E-state index in [1.54, 1.807) is 6.26 Å². The number of anilines is 1. The highest BCUT2D eigenvalue weighted by molar-refractivity contribution is 5.36. The molecule has 1 atom stereocenters. The Morgan fingerprint density at radius 3 is 3.17 bits per heavy atom. The molecule has 3 nitrogen and oxygen atoms in total. The zero-order valence-corrected chi connectivity index (χ0v) is 7.36. The van der Waals surface area contributed by atoms with Crippen molar-refractivity contribution in [3.05, 3.63) is 12.7 Å². The fourth-order valence-electron chi connectivity index (χ4n) is 1.79. The van der Waals surface area contributed by atoms with Crippen LogP contribution in [0.15, 0.2) is 17.1 Å². The molecule has 0 radical (unpaired) electrons. The molecule has 2 rings (SSSR count). The van der Waals surface area contributed by atoms with Crippen molar-refractivity contribution in [1.82, 2.24) is 4.98 Å². The smallest absolute Gasteiger partial charge is 0.182 e. The highest BCUT2D eigenvalue weighted by Crippen LogP contribution is 2.22. The Bertz CT molecular complexity index is 233. The molecule has 1 aliphatic rings. The van der Waals surface area contributed by atoms with E-state index in [1.807, 2.05) is 0 Å². The van der Waals surface area contributed by atoms with Crippen molar-refractivity contribution in [1.29, 1.82) is 0 Å². The van der Waals surface area contributed by atoms with E-state index in [2.05, 4.69) is 16.8 Å². The van der Waals surface area contributed by atoms with Gasteiger partial charge in [0.05, 0.1) is 0 Å². The second-order valence-electron chi connectivity index (χ2n) is 3.38. The van der Waals surface area contributed by atoms with Crippen molar-refractivity contribution in [2.24, 2.45) is 0 Å². The van der Waals surface area contributed by atoms with Crippen LogP contribution in [0, 0.1) is 0 Å². The quantitative estimate of drug-likeness (QED) is 0.639. The first-order valence-electron chi connectivity index (χ1n) is 4.53. The molecule has 1 fully saturated rings. The van der Waals surface area contributed by atoms with Crippen molar-refractivity contribution in [3.8, 4) is 0 Å². The molecule has 1 aromatic rings. The maximum absolute atomic E-state index is 4.96. The Labute approximate surface area is 72.4 Å². The van der Waals surface area contributed by atoms with Gasteiger partial charge >= 0.3 is 0 Å². The number of rotatable bonds is 1. The summed E-state index contributed by atoms with van der Waals surface area (Å²) in [4.78, 5) is 6.46. The summed E-state index contributed by atoms with van der Waals surface area (Å²) in [5.41, 5.74) is 0. The second kappa shape index (κ2) is 3.17. The number of nitrogens with zero attached hydrogens (tertiary/aromatic N) is 2. The SMILES string of the molecule is CC1CCCCN1c1cocn1. The number of hydrogen-bond donors (Lipinski definition) is 0. The third-order valence-corrected chi connectivity index (χ3v) is 2.52. The minimum Gasteiger partial charge on any atom is -0.449 e. The van der Waals surface area contributed by atoms with E-state index in [0.717, 1.165) is 12.4 Å². The average molecular weight is 166 g/mol. The summed E-state index contributed by atoms with van der Waals surface area (Å²) in [5, 5.41) is 0. The van der Waals surface area contributed by atoms with Crippen LogP contribution in [0.4, 0.5) is 5.82 Å². The van der Waals surface area contributed by atoms with Crippen molar-refractivity contribution in [2.75, 3.05) is 11.4 Å². The third-order valence-electron chi connectivity index (χ3n) is 2.52. The summed E-state index contributed by atoms with van der Waals surface area (Å²) in [6.07, 6.45) is 7.11. The molecule has 0 N–H and O–H groups in total. The normalized spacial score (nSPS) is 24.4. The fraction of sp³-hybridized carbons (Fsp3) is 0.667. The molecule has 0 spiro atoms. The molecule has 0 bridgehead atoms. The summed E-state index contributed by atoms with van der Waals surface area (Å²) in [6, 6.07) is 0.615. The van der Waals surface area contributed by atoms with E-state index in [-0.39, 0.29) is 0 Å². The summed E-state index contributed by atoms with van der Waals surface area (Å²) < 4.78 is 4.96. The van der Waals surface area contributed by atoms with Crippen LogP contribution in [0.1, 0.15) is 26.2 Å². The van der Waals surface area contributed by atoms with Gasteiger partial charge in [0.2, 0.25) is 0 Å². The van der Waals surface area contributed by atoms with Gasteiger partial charge in [0.15, 0.2) is 12.2 Å². The highest BCUT2D eigenvalue weighted by Gasteiger charge is 2.19. The van der Waals surface area contributed by atoms with Crippen LogP contribution < -0.4 is 4.90 Å². The van der Waals surface area contributed by atoms with Gasteiger partial charge in [-0.15, -0.1) is 0 Å². The number of oxazole rings is 1. The Morgan fingerprint density at radius 2 is 2.50 bits per heavy atom. The molecular weight excluding hydrogens is 152 g/mol. The van der Waals surface area contributed by atoms with Crippen LogP contribution in [0.25, 0.3) is 0 Å². The molecule has 0 aromatic carbocycles. The van der Waals surface area contributed by atoms with Gasteiger partial charge < -0.3 is 9.32 Å². The minimum atomic E-state index is 0.615. The van der Waals surface area contributed by atoms with Gasteiger partial charge in [0.25, 0.3) is 0 Å². The van der Waals surface area contributed by atoms with Crippen LogP contribution in [0.2, 0.25) is 0 Å². The molecule has 1 aromatic heterocycles. The van der Waals surface area contributed by atoms with Crippen LogP contribution >= 0.6 is 0 Å². The van der Waals surface area contributed by atoms with E-state index >= 15 is 0 Å². The lowest BCUT2D eigenvalue weighted by Crippen LogP contribution is -2.37. The number of piperidine rings is 1. The van der Waals surface area contributed by atoms with Crippen molar-refractivity contribution in [2.45, 2.75) is 32.2 Å². The maximum atomic E-state index is 4.96. The van der Waals surface area contributed by atoms with E-state index < -0.39 is 0 Å². The first kappa shape index (κ1) is 7.65. The molecular formula is C9H14N2O. The van der Waals surface area contributed by atoms with Crippen molar-refractivity contribution in [3.63, 3.8) is 0 Å². The van der Waals surface area contributed by atoms with E-state index in [0.29, 0.717) is 6.04 Å². The van der Waals surface area contributed by atoms with Gasteiger partial charge in [-0.1, -0.05) is 0 Å². The number of hydrogen-bond acceptors (Lipinski definition) is 3. The summed E-state index contributed by atoms with van der Waals surface area (Å²) in [5.74, 6) is 0.988. The predicted octanol–water partition coefficient (Wildman–Crippen LogP) is 2.05. The van der Waals surface area contributed by atoms with Gasteiger partial charge in [-0.2, -0.15) is 4.98 Å². The molecule has 0 amide bonds. The first-order valence-corrected chi connectivity index (χ1v) is 4.53. The van der Waals surface area contributed by atoms with E-state index in [1.165, 1.54) is 25.7 Å². The van der Waals surface area contributed by atoms with Gasteiger partial charge in [0, 0.05) is 12.6 Å². The Balaban J connectivity index is 2.11. The largest absolute Gasteiger partial charge is 0.449 e. The van der Waals surface area contributed by atoms with E-state index in [4.69, 9.17) is 4.42 Å². The standard InChI is InChI=1S/C9H14N2O/c1-8-4-2-3-5-11(8)9-6-12-7-10-9/h6-8H,2-5H2,1H3. The van der Waals surface area contributed by atoms with Gasteiger partial charge in [-0.3, -0.25) is 0 Å². The Hall–Kier alpha value is -0.990. The molecule has 1 aliphatic heterocycles. The lowest BCUT2D eigenvalue weighted by molar-refractivity contribution is 0.480. The molecule has 1 saturated heterocycles. The van der Waals surface area contributed by atoms with Crippen molar-refractivity contribution >= 4 is 5.82 Å². The summed E-state index contributed by atoms with van der Waals surface area (Å²) in [7, 11) is 0. The fourth-order valence-corrected chi connectivity index (χ4v) is 1.79. The Morgan fingerprint density at radius 1 is 1.58 bits per heavy atom. The topological polar surface area (TPSA) is 29.3 Å². The predicted molar refractivity (Wildman–Crippen MR) is 47.2 cm³/mol. The van der Waals surface area contributed by atoms with Crippen molar-refractivity contribution < 1.29 is 4.42 Å². The second-order valence-corrected chi connectivity index (χ2v) is 3.38. The molecule has 2 heterocycles. The highest BCUT2D eigenvalue weighted by atomic mass is 16.3. The zero-order chi connectivity index (χ0) is 8.39. The minimum absolute atomic E-state index is 0.615. The van der Waals surface area contributed by atoms with Crippen LogP contribution in [0.3, 0.4) is 0 Å². The molecule has 66 valence electrons. The first-order chi connectivity index (χ1) is 5.88. The molecule has 0 saturated carbocycles. The van der Waals surface area contributed by atoms with Crippen LogP contribution in [-0.4, -0.2) is 17.6 Å². The van der Waals surface area contributed by atoms with E-state index in [9.17, 15) is 0 Å². The van der Waals surface area contributed by atoms with Gasteiger partial charge in [0.1, 0.15) is 6.26 Å². The third kappa shape index (κ3) is 1.31. The monoisotopic (exact) mass is 166 g/mol. The lowest BCUT2D eigenvalue weighted by Gasteiger charge is -2.32. The molecule has 1 unspecified atom stereocenters. The Kier molecular flexibility index (Phi) is 2.02. The molecule has 3 heteroatoms. The average Bonchev–Trinajstić information content (AvgIpc) is 2.57. The number of aromatic nitrogens is 1. The zero-order valence-electron chi connectivity index (χ0n) is 7.36. The van der Waals surface area contributed by atoms with Crippen LogP contribution in [0.5, 0.6) is 0 Å². The maximum Gasteiger partial charge on any atom is 0.182 e. The lowest BCUT2D eigenvalue weighted by atomic mass is 10.0. The van der Waals surface area contributed by atoms with Gasteiger partial charge in [-0.25, -0.2) is 0 Å². The molecule has 0 aliphatic carbocycles. The molecule has 12 heavy (non-hydrogen) atoms. The van der Waals surface area contributed by atoms with Crippen LogP contribution in [-0.2, 0) is 0 Å². The summed E-state index contributed by atoms with van der Waals surface area (Å²) in [6.45, 7) is 3.36. The van der Waals surface area contributed by atoms with Gasteiger partial charge in [-0.05, 0) is 26.2 Å². The summed E-state index contributed by atoms with van der Waals surface area (Å²) >= 11 is 0.